The van der Waals surface area contributed by atoms with Gasteiger partial charge in [-0.15, -0.1) is 0 Å². The predicted octanol–water partition coefficient (Wildman–Crippen LogP) is 2.99. The first kappa shape index (κ1) is 16.7. The Hall–Kier alpha value is -1.62. The fourth-order valence-electron chi connectivity index (χ4n) is 2.41. The van der Waals surface area contributed by atoms with Crippen molar-refractivity contribution in [2.45, 2.75) is 26.7 Å². The molecule has 0 bridgehead atoms. The predicted molar refractivity (Wildman–Crippen MR) is 84.3 cm³/mol. The molecule has 2 amide bonds. The summed E-state index contributed by atoms with van der Waals surface area (Å²) in [5, 5.41) is 2.83. The molecule has 1 aromatic rings. The molecule has 1 saturated heterocycles. The summed E-state index contributed by atoms with van der Waals surface area (Å²) in [6.07, 6.45) is 1.08. The number of rotatable bonds is 5. The number of nitrogens with zero attached hydrogens (tertiary/aromatic N) is 1. The zero-order valence-corrected chi connectivity index (χ0v) is 13.5. The molecule has 6 heteroatoms. The number of amides is 2. The molecule has 0 spiro atoms. The van der Waals surface area contributed by atoms with E-state index in [1.807, 2.05) is 0 Å². The van der Waals surface area contributed by atoms with E-state index in [2.05, 4.69) is 19.2 Å². The van der Waals surface area contributed by atoms with E-state index in [0.29, 0.717) is 24.7 Å². The zero-order valence-electron chi connectivity index (χ0n) is 12.7. The molecule has 1 fully saturated rings. The SMILES string of the molecule is CC(C)CCNC(=O)[C@H]1CC(=O)N(c2ccc(F)c(Cl)c2)C1. The van der Waals surface area contributed by atoms with Crippen molar-refractivity contribution in [1.82, 2.24) is 5.32 Å². The monoisotopic (exact) mass is 326 g/mol. The largest absolute Gasteiger partial charge is 0.356 e. The van der Waals surface area contributed by atoms with Crippen molar-refractivity contribution < 1.29 is 14.0 Å². The molecule has 0 radical (unpaired) electrons. The van der Waals surface area contributed by atoms with Crippen molar-refractivity contribution in [2.75, 3.05) is 18.0 Å². The van der Waals surface area contributed by atoms with Gasteiger partial charge in [0.05, 0.1) is 10.9 Å². The van der Waals surface area contributed by atoms with Gasteiger partial charge in [-0.25, -0.2) is 4.39 Å². The number of carbonyl (C=O) groups is 2. The average Bonchev–Trinajstić information content (AvgIpc) is 2.83. The van der Waals surface area contributed by atoms with Gasteiger partial charge < -0.3 is 10.2 Å². The van der Waals surface area contributed by atoms with Gasteiger partial charge in [-0.2, -0.15) is 0 Å². The number of benzene rings is 1. The molecule has 1 atom stereocenters. The lowest BCUT2D eigenvalue weighted by atomic mass is 10.1. The van der Waals surface area contributed by atoms with Crippen LogP contribution in [0, 0.1) is 17.7 Å². The summed E-state index contributed by atoms with van der Waals surface area (Å²) in [6, 6.07) is 4.13. The highest BCUT2D eigenvalue weighted by Crippen LogP contribution is 2.28. The summed E-state index contributed by atoms with van der Waals surface area (Å²) in [7, 11) is 0. The van der Waals surface area contributed by atoms with Gasteiger partial charge in [0.25, 0.3) is 0 Å². The second-order valence-corrected chi connectivity index (χ2v) is 6.38. The molecule has 22 heavy (non-hydrogen) atoms. The molecular weight excluding hydrogens is 307 g/mol. The van der Waals surface area contributed by atoms with E-state index in [0.717, 1.165) is 6.42 Å². The summed E-state index contributed by atoms with van der Waals surface area (Å²) in [5.41, 5.74) is 0.522. The van der Waals surface area contributed by atoms with Crippen LogP contribution >= 0.6 is 11.6 Å². The first-order chi connectivity index (χ1) is 10.4. The summed E-state index contributed by atoms with van der Waals surface area (Å²) < 4.78 is 13.2. The number of carbonyl (C=O) groups excluding carboxylic acids is 2. The lowest BCUT2D eigenvalue weighted by Crippen LogP contribution is -2.33. The lowest BCUT2D eigenvalue weighted by Gasteiger charge is -2.17. The van der Waals surface area contributed by atoms with Crippen molar-refractivity contribution >= 4 is 29.1 Å². The van der Waals surface area contributed by atoms with Crippen LogP contribution in [0.3, 0.4) is 0 Å². The van der Waals surface area contributed by atoms with E-state index in [9.17, 15) is 14.0 Å². The van der Waals surface area contributed by atoms with E-state index in [1.54, 1.807) is 0 Å². The standard InChI is InChI=1S/C16H20ClFN2O2/c1-10(2)5-6-19-16(22)11-7-15(21)20(9-11)12-3-4-14(18)13(17)8-12/h3-4,8,10-11H,5-7,9H2,1-2H3,(H,19,22)/t11-/m0/s1. The fourth-order valence-corrected chi connectivity index (χ4v) is 2.59. The first-order valence-corrected chi connectivity index (χ1v) is 7.79. The van der Waals surface area contributed by atoms with E-state index in [4.69, 9.17) is 11.6 Å². The van der Waals surface area contributed by atoms with Gasteiger partial charge in [0, 0.05) is 25.2 Å². The highest BCUT2D eigenvalue weighted by molar-refractivity contribution is 6.31. The van der Waals surface area contributed by atoms with Crippen LogP contribution in [0.1, 0.15) is 26.7 Å². The number of anilines is 1. The third-order valence-electron chi connectivity index (χ3n) is 3.73. The molecule has 1 heterocycles. The maximum absolute atomic E-state index is 13.2. The Balaban J connectivity index is 1.98. The minimum Gasteiger partial charge on any atom is -0.356 e. The van der Waals surface area contributed by atoms with Gasteiger partial charge in [-0.05, 0) is 30.5 Å². The highest BCUT2D eigenvalue weighted by atomic mass is 35.5. The van der Waals surface area contributed by atoms with Gasteiger partial charge in [-0.3, -0.25) is 9.59 Å². The van der Waals surface area contributed by atoms with Crippen molar-refractivity contribution in [1.29, 1.82) is 0 Å². The Morgan fingerprint density at radius 1 is 1.50 bits per heavy atom. The number of nitrogens with one attached hydrogen (secondary N) is 1. The van der Waals surface area contributed by atoms with E-state index >= 15 is 0 Å². The van der Waals surface area contributed by atoms with E-state index in [-0.39, 0.29) is 29.2 Å². The van der Waals surface area contributed by atoms with Crippen LogP contribution in [0.25, 0.3) is 0 Å². The summed E-state index contributed by atoms with van der Waals surface area (Å²) in [4.78, 5) is 25.7. The summed E-state index contributed by atoms with van der Waals surface area (Å²) in [5.74, 6) is -0.636. The van der Waals surface area contributed by atoms with Crippen LogP contribution in [0.2, 0.25) is 5.02 Å². The molecule has 120 valence electrons. The van der Waals surface area contributed by atoms with Crippen molar-refractivity contribution in [3.63, 3.8) is 0 Å². The molecule has 2 rings (SSSR count). The van der Waals surface area contributed by atoms with Crippen molar-refractivity contribution in [2.24, 2.45) is 11.8 Å². The van der Waals surface area contributed by atoms with Gasteiger partial charge in [0.2, 0.25) is 11.8 Å². The Morgan fingerprint density at radius 3 is 2.86 bits per heavy atom. The Kier molecular flexibility index (Phi) is 5.40. The van der Waals surface area contributed by atoms with Crippen LogP contribution in [0.4, 0.5) is 10.1 Å². The van der Waals surface area contributed by atoms with Crippen LogP contribution in [0.15, 0.2) is 18.2 Å². The van der Waals surface area contributed by atoms with E-state index in [1.165, 1.54) is 23.1 Å². The normalized spacial score (nSPS) is 18.1. The van der Waals surface area contributed by atoms with Crippen LogP contribution in [-0.4, -0.2) is 24.9 Å². The molecule has 0 saturated carbocycles. The fraction of sp³-hybridized carbons (Fsp3) is 0.500. The maximum Gasteiger partial charge on any atom is 0.227 e. The Morgan fingerprint density at radius 2 is 2.23 bits per heavy atom. The van der Waals surface area contributed by atoms with Gasteiger partial charge in [0.1, 0.15) is 5.82 Å². The minimum absolute atomic E-state index is 0.0323. The smallest absolute Gasteiger partial charge is 0.227 e. The second kappa shape index (κ2) is 7.09. The summed E-state index contributed by atoms with van der Waals surface area (Å²) in [6.45, 7) is 5.09. The minimum atomic E-state index is -0.528. The molecule has 1 aliphatic heterocycles. The van der Waals surface area contributed by atoms with Gasteiger partial charge in [-0.1, -0.05) is 25.4 Å². The highest BCUT2D eigenvalue weighted by Gasteiger charge is 2.35. The number of hydrogen-bond donors (Lipinski definition) is 1. The molecule has 0 aliphatic carbocycles. The van der Waals surface area contributed by atoms with E-state index < -0.39 is 5.82 Å². The third kappa shape index (κ3) is 3.97. The van der Waals surface area contributed by atoms with Crippen LogP contribution in [0.5, 0.6) is 0 Å². The van der Waals surface area contributed by atoms with Crippen molar-refractivity contribution in [3.8, 4) is 0 Å². The molecule has 0 aromatic heterocycles. The van der Waals surface area contributed by atoms with Gasteiger partial charge >= 0.3 is 0 Å². The van der Waals surface area contributed by atoms with Gasteiger partial charge in [0.15, 0.2) is 0 Å². The van der Waals surface area contributed by atoms with Crippen LogP contribution in [-0.2, 0) is 9.59 Å². The Bertz CT molecular complexity index is 577. The summed E-state index contributed by atoms with van der Waals surface area (Å²) >= 11 is 5.74. The molecular formula is C16H20ClFN2O2. The lowest BCUT2D eigenvalue weighted by molar-refractivity contribution is -0.126. The second-order valence-electron chi connectivity index (χ2n) is 5.98. The topological polar surface area (TPSA) is 49.4 Å². The Labute approximate surface area is 134 Å². The molecule has 1 N–H and O–H groups in total. The molecule has 1 aliphatic rings. The molecule has 0 unspecified atom stereocenters. The molecule has 1 aromatic carbocycles. The van der Waals surface area contributed by atoms with Crippen molar-refractivity contribution in [3.05, 3.63) is 29.0 Å². The molecule has 4 nitrogen and oxygen atoms in total. The average molecular weight is 327 g/mol. The zero-order chi connectivity index (χ0) is 16.3. The maximum atomic E-state index is 13.2. The first-order valence-electron chi connectivity index (χ1n) is 7.41. The number of halogens is 2. The quantitative estimate of drug-likeness (QED) is 0.904. The third-order valence-corrected chi connectivity index (χ3v) is 4.02. The van der Waals surface area contributed by atoms with Crippen LogP contribution < -0.4 is 10.2 Å². The number of hydrogen-bond acceptors (Lipinski definition) is 2.